The molecular weight excluding hydrogens is 351 g/mol. The predicted octanol–water partition coefficient (Wildman–Crippen LogP) is 0.675. The molecule has 1 aliphatic heterocycles. The Balaban J connectivity index is 1.81. The third-order valence-electron chi connectivity index (χ3n) is 3.93. The molecule has 0 spiro atoms. The highest BCUT2D eigenvalue weighted by Gasteiger charge is 2.56. The zero-order chi connectivity index (χ0) is 18.7. The van der Waals surface area contributed by atoms with Gasteiger partial charge in [0.05, 0.1) is 19.4 Å². The maximum Gasteiger partial charge on any atom is 0.351 e. The Morgan fingerprint density at radius 2 is 2.35 bits per heavy atom. The SMILES string of the molecule is [N-]=[N+]=N[C@]1(CO)O[C@@H](n2ccc(NCc3ccco3)nc2=O)[C@@H](F)[C@@H]1O. The average molecular weight is 366 g/mol. The number of nitrogens with one attached hydrogen (secondary N) is 1. The molecule has 26 heavy (non-hydrogen) atoms. The normalized spacial score (nSPS) is 27.9. The molecule has 0 aromatic carbocycles. The maximum atomic E-state index is 14.4. The number of rotatable bonds is 6. The lowest BCUT2D eigenvalue weighted by atomic mass is 10.1. The standard InChI is InChI=1S/C14H15FN6O5/c15-10-11(23)14(7-22,19-20-16)26-12(10)21-4-3-9(18-13(21)24)17-6-8-2-1-5-25-8/h1-5,10-12,22-23H,6-7H2,(H,17,18,24)/t10-,11-,12+,14+/m0/s1. The van der Waals surface area contributed by atoms with E-state index in [1.54, 1.807) is 12.1 Å². The first-order valence-corrected chi connectivity index (χ1v) is 7.53. The highest BCUT2D eigenvalue weighted by atomic mass is 19.1. The summed E-state index contributed by atoms with van der Waals surface area (Å²) in [5, 5.41) is 25.3. The van der Waals surface area contributed by atoms with E-state index < -0.39 is 36.5 Å². The number of azide groups is 1. The van der Waals surface area contributed by atoms with Crippen molar-refractivity contribution in [2.24, 2.45) is 5.11 Å². The van der Waals surface area contributed by atoms with E-state index in [0.29, 0.717) is 12.3 Å². The lowest BCUT2D eigenvalue weighted by Crippen LogP contribution is -2.43. The average Bonchev–Trinajstić information content (AvgIpc) is 3.24. The highest BCUT2D eigenvalue weighted by molar-refractivity contribution is 5.32. The van der Waals surface area contributed by atoms with E-state index in [9.17, 15) is 19.4 Å². The van der Waals surface area contributed by atoms with Crippen molar-refractivity contribution in [1.29, 1.82) is 0 Å². The van der Waals surface area contributed by atoms with Crippen molar-refractivity contribution in [3.63, 3.8) is 0 Å². The summed E-state index contributed by atoms with van der Waals surface area (Å²) in [6.45, 7) is -0.668. The van der Waals surface area contributed by atoms with Gasteiger partial charge in [0.1, 0.15) is 17.7 Å². The minimum absolute atomic E-state index is 0.222. The number of hydrogen-bond acceptors (Lipinski definition) is 8. The third kappa shape index (κ3) is 3.13. The van der Waals surface area contributed by atoms with E-state index in [4.69, 9.17) is 14.7 Å². The summed E-state index contributed by atoms with van der Waals surface area (Å²) < 4.78 is 25.5. The number of aliphatic hydroxyl groups is 2. The van der Waals surface area contributed by atoms with E-state index in [1.807, 2.05) is 0 Å². The van der Waals surface area contributed by atoms with Crippen LogP contribution in [0.1, 0.15) is 12.0 Å². The number of hydrogen-bond donors (Lipinski definition) is 3. The molecule has 0 unspecified atom stereocenters. The van der Waals surface area contributed by atoms with Crippen molar-refractivity contribution in [2.75, 3.05) is 11.9 Å². The van der Waals surface area contributed by atoms with Crippen LogP contribution in [0.25, 0.3) is 10.4 Å². The summed E-state index contributed by atoms with van der Waals surface area (Å²) in [5.41, 5.74) is 5.48. The van der Waals surface area contributed by atoms with Gasteiger partial charge in [-0.25, -0.2) is 9.18 Å². The van der Waals surface area contributed by atoms with Crippen LogP contribution >= 0.6 is 0 Å². The Hall–Kier alpha value is -2.92. The van der Waals surface area contributed by atoms with Crippen molar-refractivity contribution < 1.29 is 23.8 Å². The smallest absolute Gasteiger partial charge is 0.351 e. The van der Waals surface area contributed by atoms with E-state index in [-0.39, 0.29) is 5.82 Å². The van der Waals surface area contributed by atoms with Crippen LogP contribution in [0, 0.1) is 0 Å². The fraction of sp³-hybridized carbons (Fsp3) is 0.429. The molecule has 12 heteroatoms. The first kappa shape index (κ1) is 17.9. The maximum absolute atomic E-state index is 14.4. The zero-order valence-corrected chi connectivity index (χ0v) is 13.3. The van der Waals surface area contributed by atoms with Gasteiger partial charge in [-0.1, -0.05) is 5.11 Å². The first-order valence-electron chi connectivity index (χ1n) is 7.53. The quantitative estimate of drug-likeness (QED) is 0.385. The summed E-state index contributed by atoms with van der Waals surface area (Å²) in [4.78, 5) is 18.4. The van der Waals surface area contributed by atoms with Gasteiger partial charge in [-0.3, -0.25) is 4.57 Å². The second kappa shape index (κ2) is 7.14. The summed E-state index contributed by atoms with van der Waals surface area (Å²) >= 11 is 0. The monoisotopic (exact) mass is 366 g/mol. The molecule has 3 heterocycles. The lowest BCUT2D eigenvalue weighted by molar-refractivity contribution is -0.124. The molecule has 4 atom stereocenters. The minimum atomic E-state index is -2.21. The molecule has 11 nitrogen and oxygen atoms in total. The van der Waals surface area contributed by atoms with E-state index in [0.717, 1.165) is 4.57 Å². The molecule has 2 aromatic rings. The molecule has 0 radical (unpaired) electrons. The third-order valence-corrected chi connectivity index (χ3v) is 3.93. The number of ether oxygens (including phenoxy) is 1. The molecule has 2 aromatic heterocycles. The molecule has 1 saturated heterocycles. The first-order chi connectivity index (χ1) is 12.5. The summed E-state index contributed by atoms with van der Waals surface area (Å²) in [6, 6.07) is 4.85. The van der Waals surface area contributed by atoms with Gasteiger partial charge in [0, 0.05) is 11.1 Å². The molecule has 0 amide bonds. The molecule has 3 N–H and O–H groups in total. The van der Waals surface area contributed by atoms with Gasteiger partial charge in [-0.15, -0.1) is 0 Å². The van der Waals surface area contributed by atoms with Crippen molar-refractivity contribution in [1.82, 2.24) is 9.55 Å². The van der Waals surface area contributed by atoms with E-state index in [2.05, 4.69) is 20.3 Å². The number of aromatic nitrogens is 2. The number of aliphatic hydroxyl groups excluding tert-OH is 2. The van der Waals surface area contributed by atoms with E-state index >= 15 is 0 Å². The fourth-order valence-corrected chi connectivity index (χ4v) is 2.58. The highest BCUT2D eigenvalue weighted by Crippen LogP contribution is 2.39. The molecule has 138 valence electrons. The Morgan fingerprint density at radius 3 is 2.96 bits per heavy atom. The van der Waals surface area contributed by atoms with Gasteiger partial charge in [-0.2, -0.15) is 4.98 Å². The molecule has 0 aliphatic carbocycles. The van der Waals surface area contributed by atoms with Crippen molar-refractivity contribution in [2.45, 2.75) is 30.8 Å². The summed E-state index contributed by atoms with van der Waals surface area (Å²) in [7, 11) is 0. The van der Waals surface area contributed by atoms with Crippen LogP contribution in [0.3, 0.4) is 0 Å². The molecule has 0 bridgehead atoms. The predicted molar refractivity (Wildman–Crippen MR) is 84.5 cm³/mol. The van der Waals surface area contributed by atoms with Crippen molar-refractivity contribution in [3.05, 3.63) is 57.3 Å². The second-order valence-electron chi connectivity index (χ2n) is 5.53. The largest absolute Gasteiger partial charge is 0.467 e. The molecule has 1 fully saturated rings. The topological polar surface area (TPSA) is 159 Å². The molecule has 0 saturated carbocycles. The van der Waals surface area contributed by atoms with Crippen molar-refractivity contribution >= 4 is 5.82 Å². The number of alkyl halides is 1. The Labute approximate surface area is 145 Å². The van der Waals surface area contributed by atoms with Crippen LogP contribution in [0.5, 0.6) is 0 Å². The Morgan fingerprint density at radius 1 is 1.54 bits per heavy atom. The zero-order valence-electron chi connectivity index (χ0n) is 13.3. The number of halogens is 1. The molecule has 3 rings (SSSR count). The fourth-order valence-electron chi connectivity index (χ4n) is 2.58. The molecular formula is C14H15FN6O5. The van der Waals surface area contributed by atoms with Crippen LogP contribution in [-0.2, 0) is 11.3 Å². The Bertz CT molecular complexity index is 867. The van der Waals surface area contributed by atoms with Crippen LogP contribution in [0.2, 0.25) is 0 Å². The summed E-state index contributed by atoms with van der Waals surface area (Å²) in [5.74, 6) is 0.851. The van der Waals surface area contributed by atoms with Crippen LogP contribution < -0.4 is 11.0 Å². The van der Waals surface area contributed by atoms with Gasteiger partial charge in [-0.05, 0) is 23.7 Å². The second-order valence-corrected chi connectivity index (χ2v) is 5.53. The van der Waals surface area contributed by atoms with Gasteiger partial charge < -0.3 is 24.7 Å². The van der Waals surface area contributed by atoms with Crippen LogP contribution in [0.15, 0.2) is 45.0 Å². The van der Waals surface area contributed by atoms with E-state index in [1.165, 1.54) is 18.5 Å². The Kier molecular flexibility index (Phi) is 4.91. The van der Waals surface area contributed by atoms with Gasteiger partial charge in [0.2, 0.25) is 5.72 Å². The van der Waals surface area contributed by atoms with Gasteiger partial charge in [0.25, 0.3) is 0 Å². The van der Waals surface area contributed by atoms with Gasteiger partial charge >= 0.3 is 5.69 Å². The van der Waals surface area contributed by atoms with Gasteiger partial charge in [0.15, 0.2) is 12.4 Å². The minimum Gasteiger partial charge on any atom is -0.467 e. The number of furan rings is 1. The summed E-state index contributed by atoms with van der Waals surface area (Å²) in [6.07, 6.45) is -2.95. The lowest BCUT2D eigenvalue weighted by Gasteiger charge is -2.23. The van der Waals surface area contributed by atoms with Crippen LogP contribution in [0.4, 0.5) is 10.2 Å². The van der Waals surface area contributed by atoms with Crippen LogP contribution in [-0.4, -0.2) is 44.4 Å². The van der Waals surface area contributed by atoms with Crippen molar-refractivity contribution in [3.8, 4) is 0 Å². The number of anilines is 1. The number of nitrogens with zero attached hydrogens (tertiary/aromatic N) is 5. The molecule has 1 aliphatic rings.